The zero-order chi connectivity index (χ0) is 15.2. The largest absolute Gasteiger partial charge is 0.368 e. The summed E-state index contributed by atoms with van der Waals surface area (Å²) in [6.45, 7) is 1.55. The molecular weight excluding hydrogens is 286 g/mol. The van der Waals surface area contributed by atoms with E-state index < -0.39 is 11.9 Å². The van der Waals surface area contributed by atoms with Crippen molar-refractivity contribution in [1.29, 1.82) is 0 Å². The number of aromatic nitrogens is 1. The first-order valence-corrected chi connectivity index (χ1v) is 7.17. The van der Waals surface area contributed by atoms with Gasteiger partial charge in [-0.05, 0) is 43.3 Å². The quantitative estimate of drug-likeness (QED) is 0.882. The maximum absolute atomic E-state index is 11.9. The number of pyridine rings is 1. The molecule has 1 aromatic carbocycles. The van der Waals surface area contributed by atoms with E-state index in [-0.39, 0.29) is 5.91 Å². The molecule has 1 atom stereocenters. The molecule has 0 bridgehead atoms. The van der Waals surface area contributed by atoms with E-state index in [1.54, 1.807) is 25.3 Å². The second-order valence-electron chi connectivity index (χ2n) is 4.39. The van der Waals surface area contributed by atoms with E-state index in [0.29, 0.717) is 5.56 Å². The van der Waals surface area contributed by atoms with Gasteiger partial charge in [-0.15, -0.1) is 0 Å². The van der Waals surface area contributed by atoms with Gasteiger partial charge < -0.3 is 11.1 Å². The molecule has 0 aliphatic heterocycles. The van der Waals surface area contributed by atoms with E-state index in [9.17, 15) is 9.59 Å². The number of nitrogens with two attached hydrogens (primary N) is 1. The van der Waals surface area contributed by atoms with E-state index in [2.05, 4.69) is 10.3 Å². The Balaban J connectivity index is 2.02. The highest BCUT2D eigenvalue weighted by atomic mass is 32.2. The summed E-state index contributed by atoms with van der Waals surface area (Å²) in [5, 5.41) is 3.42. The van der Waals surface area contributed by atoms with Crippen molar-refractivity contribution in [3.05, 3.63) is 54.2 Å². The second-order valence-corrected chi connectivity index (χ2v) is 5.49. The molecule has 0 aliphatic carbocycles. The van der Waals surface area contributed by atoms with Crippen LogP contribution in [0.5, 0.6) is 0 Å². The van der Waals surface area contributed by atoms with Crippen molar-refractivity contribution < 1.29 is 9.59 Å². The van der Waals surface area contributed by atoms with Gasteiger partial charge in [-0.3, -0.25) is 9.59 Å². The Morgan fingerprint density at radius 3 is 2.48 bits per heavy atom. The lowest BCUT2D eigenvalue weighted by Gasteiger charge is -2.10. The molecule has 3 N–H and O–H groups in total. The van der Waals surface area contributed by atoms with Gasteiger partial charge in [-0.1, -0.05) is 17.8 Å². The van der Waals surface area contributed by atoms with Crippen molar-refractivity contribution in [1.82, 2.24) is 10.3 Å². The van der Waals surface area contributed by atoms with Crippen LogP contribution in [-0.2, 0) is 4.79 Å². The Bertz CT molecular complexity index is 629. The highest BCUT2D eigenvalue weighted by Crippen LogP contribution is 2.25. The van der Waals surface area contributed by atoms with E-state index in [1.807, 2.05) is 30.3 Å². The standard InChI is InChI=1S/C15H15N3O2S/c1-10(14(16)19)18-15(20)11-5-7-12(8-6-11)21-13-4-2-3-9-17-13/h2-10H,1H3,(H2,16,19)(H,18,20). The number of benzene rings is 1. The van der Waals surface area contributed by atoms with Gasteiger partial charge in [0.25, 0.3) is 5.91 Å². The predicted molar refractivity (Wildman–Crippen MR) is 80.9 cm³/mol. The molecule has 1 aromatic heterocycles. The first-order chi connectivity index (χ1) is 10.1. The third kappa shape index (κ3) is 4.32. The van der Waals surface area contributed by atoms with Gasteiger partial charge in [0.05, 0.1) is 0 Å². The van der Waals surface area contributed by atoms with Crippen LogP contribution < -0.4 is 11.1 Å². The Morgan fingerprint density at radius 1 is 1.19 bits per heavy atom. The number of nitrogens with one attached hydrogen (secondary N) is 1. The zero-order valence-electron chi connectivity index (χ0n) is 11.4. The minimum atomic E-state index is -0.694. The van der Waals surface area contributed by atoms with Crippen LogP contribution in [0, 0.1) is 0 Å². The van der Waals surface area contributed by atoms with Crippen molar-refractivity contribution in [2.45, 2.75) is 22.9 Å². The highest BCUT2D eigenvalue weighted by Gasteiger charge is 2.13. The van der Waals surface area contributed by atoms with Crippen LogP contribution in [0.4, 0.5) is 0 Å². The Hall–Kier alpha value is -2.34. The molecule has 2 rings (SSSR count). The molecule has 0 spiro atoms. The van der Waals surface area contributed by atoms with Crippen LogP contribution in [-0.4, -0.2) is 22.8 Å². The monoisotopic (exact) mass is 301 g/mol. The molecule has 0 saturated carbocycles. The van der Waals surface area contributed by atoms with Crippen molar-refractivity contribution in [3.63, 3.8) is 0 Å². The number of rotatable bonds is 5. The topological polar surface area (TPSA) is 85.1 Å². The SMILES string of the molecule is CC(NC(=O)c1ccc(Sc2ccccn2)cc1)C(N)=O. The lowest BCUT2D eigenvalue weighted by molar-refractivity contribution is -0.119. The summed E-state index contributed by atoms with van der Waals surface area (Å²) in [5.74, 6) is -0.888. The van der Waals surface area contributed by atoms with Gasteiger partial charge in [0.15, 0.2) is 0 Å². The number of hydrogen-bond donors (Lipinski definition) is 2. The van der Waals surface area contributed by atoms with Crippen molar-refractivity contribution in [3.8, 4) is 0 Å². The van der Waals surface area contributed by atoms with E-state index in [0.717, 1.165) is 9.92 Å². The lowest BCUT2D eigenvalue weighted by atomic mass is 10.2. The predicted octanol–water partition coefficient (Wildman–Crippen LogP) is 1.84. The van der Waals surface area contributed by atoms with E-state index >= 15 is 0 Å². The molecule has 6 heteroatoms. The molecular formula is C15H15N3O2S. The van der Waals surface area contributed by atoms with Crippen LogP contribution >= 0.6 is 11.8 Å². The van der Waals surface area contributed by atoms with Crippen molar-refractivity contribution in [2.24, 2.45) is 5.73 Å². The van der Waals surface area contributed by atoms with Crippen LogP contribution in [0.3, 0.4) is 0 Å². The summed E-state index contributed by atoms with van der Waals surface area (Å²) in [6, 6.07) is 12.1. The smallest absolute Gasteiger partial charge is 0.251 e. The molecule has 5 nitrogen and oxygen atoms in total. The molecule has 21 heavy (non-hydrogen) atoms. The van der Waals surface area contributed by atoms with Crippen LogP contribution in [0.15, 0.2) is 58.6 Å². The minimum absolute atomic E-state index is 0.323. The first kappa shape index (κ1) is 15.1. The fraction of sp³-hybridized carbons (Fsp3) is 0.133. The fourth-order valence-corrected chi connectivity index (χ4v) is 2.33. The molecule has 2 aromatic rings. The summed E-state index contributed by atoms with van der Waals surface area (Å²) in [5.41, 5.74) is 5.59. The van der Waals surface area contributed by atoms with Crippen LogP contribution in [0.1, 0.15) is 17.3 Å². The van der Waals surface area contributed by atoms with E-state index in [4.69, 9.17) is 5.73 Å². The number of primary amides is 1. The maximum atomic E-state index is 11.9. The summed E-state index contributed by atoms with van der Waals surface area (Å²) >= 11 is 1.51. The highest BCUT2D eigenvalue weighted by molar-refractivity contribution is 7.99. The molecule has 108 valence electrons. The average Bonchev–Trinajstić information content (AvgIpc) is 2.48. The Morgan fingerprint density at radius 2 is 1.90 bits per heavy atom. The van der Waals surface area contributed by atoms with Gasteiger partial charge in [0.2, 0.25) is 5.91 Å². The second kappa shape index (κ2) is 6.90. The van der Waals surface area contributed by atoms with Gasteiger partial charge in [0.1, 0.15) is 11.1 Å². The first-order valence-electron chi connectivity index (χ1n) is 6.35. The summed E-state index contributed by atoms with van der Waals surface area (Å²) in [4.78, 5) is 28.0. The third-order valence-corrected chi connectivity index (χ3v) is 3.71. The Kier molecular flexibility index (Phi) is 4.94. The molecule has 2 amide bonds. The van der Waals surface area contributed by atoms with Crippen LogP contribution in [0.2, 0.25) is 0 Å². The maximum Gasteiger partial charge on any atom is 0.251 e. The number of hydrogen-bond acceptors (Lipinski definition) is 4. The fourth-order valence-electron chi connectivity index (χ4n) is 1.55. The molecule has 0 radical (unpaired) electrons. The summed E-state index contributed by atoms with van der Waals surface area (Å²) < 4.78 is 0. The van der Waals surface area contributed by atoms with Gasteiger partial charge in [-0.25, -0.2) is 4.98 Å². The van der Waals surface area contributed by atoms with Crippen molar-refractivity contribution in [2.75, 3.05) is 0 Å². The molecule has 1 unspecified atom stereocenters. The normalized spacial score (nSPS) is 11.7. The summed E-state index contributed by atoms with van der Waals surface area (Å²) in [7, 11) is 0. The van der Waals surface area contributed by atoms with Crippen molar-refractivity contribution >= 4 is 23.6 Å². The van der Waals surface area contributed by atoms with Crippen LogP contribution in [0.25, 0.3) is 0 Å². The van der Waals surface area contributed by atoms with Gasteiger partial charge in [-0.2, -0.15) is 0 Å². The molecule has 0 aliphatic rings. The van der Waals surface area contributed by atoms with Gasteiger partial charge >= 0.3 is 0 Å². The minimum Gasteiger partial charge on any atom is -0.368 e. The number of amides is 2. The number of nitrogens with zero attached hydrogens (tertiary/aromatic N) is 1. The lowest BCUT2D eigenvalue weighted by Crippen LogP contribution is -2.42. The zero-order valence-corrected chi connectivity index (χ0v) is 12.3. The van der Waals surface area contributed by atoms with Gasteiger partial charge in [0, 0.05) is 16.7 Å². The summed E-state index contributed by atoms with van der Waals surface area (Å²) in [6.07, 6.45) is 1.73. The molecule has 1 heterocycles. The molecule has 0 fully saturated rings. The number of carbonyl (C=O) groups is 2. The molecule has 0 saturated heterocycles. The average molecular weight is 301 g/mol. The van der Waals surface area contributed by atoms with E-state index in [1.165, 1.54) is 11.8 Å². The third-order valence-electron chi connectivity index (χ3n) is 2.75. The number of carbonyl (C=O) groups excluding carboxylic acids is 2. The Labute approximate surface area is 127 Å².